The van der Waals surface area contributed by atoms with E-state index in [1.54, 1.807) is 6.26 Å². The molecule has 0 amide bonds. The molecule has 0 aliphatic rings. The summed E-state index contributed by atoms with van der Waals surface area (Å²) in [5.74, 6) is 0.901. The SMILES string of the molecule is CCCc1cc(C(N)C#N)co1. The van der Waals surface area contributed by atoms with E-state index in [9.17, 15) is 0 Å². The topological polar surface area (TPSA) is 63.0 Å². The Labute approximate surface area is 71.8 Å². The van der Waals surface area contributed by atoms with Crippen molar-refractivity contribution in [2.24, 2.45) is 5.73 Å². The number of aryl methyl sites for hydroxylation is 1. The van der Waals surface area contributed by atoms with E-state index in [2.05, 4.69) is 6.92 Å². The molecule has 1 aromatic rings. The maximum Gasteiger partial charge on any atom is 0.121 e. The van der Waals surface area contributed by atoms with Gasteiger partial charge in [0.15, 0.2) is 0 Å². The summed E-state index contributed by atoms with van der Waals surface area (Å²) in [6.07, 6.45) is 3.49. The van der Waals surface area contributed by atoms with Gasteiger partial charge in [-0.3, -0.25) is 0 Å². The second-order valence-electron chi connectivity index (χ2n) is 2.70. The van der Waals surface area contributed by atoms with E-state index in [0.29, 0.717) is 0 Å². The van der Waals surface area contributed by atoms with Gasteiger partial charge in [-0.05, 0) is 12.5 Å². The molecule has 0 saturated carbocycles. The quantitative estimate of drug-likeness (QED) is 0.740. The molecule has 0 bridgehead atoms. The van der Waals surface area contributed by atoms with Crippen LogP contribution in [-0.2, 0) is 6.42 Å². The standard InChI is InChI=1S/C9H12N2O/c1-2-3-8-4-7(6-12-8)9(11)5-10/h4,6,9H,2-3,11H2,1H3. The van der Waals surface area contributed by atoms with Crippen LogP contribution < -0.4 is 5.73 Å². The zero-order valence-electron chi connectivity index (χ0n) is 7.08. The summed E-state index contributed by atoms with van der Waals surface area (Å²) in [5, 5.41) is 8.51. The van der Waals surface area contributed by atoms with Gasteiger partial charge in [0.25, 0.3) is 0 Å². The van der Waals surface area contributed by atoms with Gasteiger partial charge in [0.2, 0.25) is 0 Å². The number of hydrogen-bond acceptors (Lipinski definition) is 3. The lowest BCUT2D eigenvalue weighted by Gasteiger charge is -1.93. The lowest BCUT2D eigenvalue weighted by molar-refractivity contribution is 0.504. The molecule has 2 N–H and O–H groups in total. The molecule has 0 saturated heterocycles. The Kier molecular flexibility index (Phi) is 2.89. The Bertz CT molecular complexity index is 285. The van der Waals surface area contributed by atoms with Crippen molar-refractivity contribution in [2.75, 3.05) is 0 Å². The van der Waals surface area contributed by atoms with Crippen molar-refractivity contribution in [2.45, 2.75) is 25.8 Å². The third-order valence-electron chi connectivity index (χ3n) is 1.67. The first-order chi connectivity index (χ1) is 5.77. The van der Waals surface area contributed by atoms with E-state index in [-0.39, 0.29) is 0 Å². The summed E-state index contributed by atoms with van der Waals surface area (Å²) in [7, 11) is 0. The predicted octanol–water partition coefficient (Wildman–Crippen LogP) is 1.76. The van der Waals surface area contributed by atoms with E-state index in [0.717, 1.165) is 24.2 Å². The second-order valence-corrected chi connectivity index (χ2v) is 2.70. The monoisotopic (exact) mass is 164 g/mol. The molecule has 0 spiro atoms. The summed E-state index contributed by atoms with van der Waals surface area (Å²) in [6.45, 7) is 2.08. The summed E-state index contributed by atoms with van der Waals surface area (Å²) in [4.78, 5) is 0. The van der Waals surface area contributed by atoms with Crippen LogP contribution in [0.2, 0.25) is 0 Å². The molecule has 3 nitrogen and oxygen atoms in total. The third kappa shape index (κ3) is 1.86. The first-order valence-electron chi connectivity index (χ1n) is 4.00. The molecule has 1 rings (SSSR count). The van der Waals surface area contributed by atoms with Crippen LogP contribution in [0.3, 0.4) is 0 Å². The molecule has 1 heterocycles. The summed E-state index contributed by atoms with van der Waals surface area (Å²) in [5.41, 5.74) is 6.25. The van der Waals surface area contributed by atoms with E-state index >= 15 is 0 Å². The number of nitriles is 1. The Morgan fingerprint density at radius 3 is 3.08 bits per heavy atom. The van der Waals surface area contributed by atoms with Crippen LogP contribution in [0.4, 0.5) is 0 Å². The number of hydrogen-bond donors (Lipinski definition) is 1. The van der Waals surface area contributed by atoms with Crippen LogP contribution >= 0.6 is 0 Å². The number of rotatable bonds is 3. The van der Waals surface area contributed by atoms with Crippen molar-refractivity contribution in [1.82, 2.24) is 0 Å². The van der Waals surface area contributed by atoms with Crippen LogP contribution in [0.5, 0.6) is 0 Å². The first kappa shape index (κ1) is 8.82. The van der Waals surface area contributed by atoms with Gasteiger partial charge in [-0.2, -0.15) is 5.26 Å². The minimum atomic E-state index is -0.556. The smallest absolute Gasteiger partial charge is 0.121 e. The highest BCUT2D eigenvalue weighted by Gasteiger charge is 2.07. The largest absolute Gasteiger partial charge is 0.469 e. The Morgan fingerprint density at radius 1 is 1.75 bits per heavy atom. The van der Waals surface area contributed by atoms with Crippen molar-refractivity contribution in [3.05, 3.63) is 23.7 Å². The zero-order valence-corrected chi connectivity index (χ0v) is 7.08. The van der Waals surface area contributed by atoms with Crippen LogP contribution in [0.25, 0.3) is 0 Å². The highest BCUT2D eigenvalue weighted by molar-refractivity contribution is 5.21. The average Bonchev–Trinajstić information content (AvgIpc) is 2.52. The van der Waals surface area contributed by atoms with Crippen molar-refractivity contribution < 1.29 is 4.42 Å². The molecule has 64 valence electrons. The molecule has 3 heteroatoms. The highest BCUT2D eigenvalue weighted by Crippen LogP contribution is 2.14. The van der Waals surface area contributed by atoms with Gasteiger partial charge < -0.3 is 10.2 Å². The Morgan fingerprint density at radius 2 is 2.50 bits per heavy atom. The molecule has 0 fully saturated rings. The predicted molar refractivity (Wildman–Crippen MR) is 45.2 cm³/mol. The third-order valence-corrected chi connectivity index (χ3v) is 1.67. The summed E-state index contributed by atoms with van der Waals surface area (Å²) < 4.78 is 5.20. The molecule has 0 aliphatic carbocycles. The van der Waals surface area contributed by atoms with Crippen molar-refractivity contribution in [3.8, 4) is 6.07 Å². The number of nitrogens with two attached hydrogens (primary N) is 1. The minimum Gasteiger partial charge on any atom is -0.469 e. The van der Waals surface area contributed by atoms with Crippen LogP contribution in [0, 0.1) is 11.3 Å². The van der Waals surface area contributed by atoms with Gasteiger partial charge in [-0.15, -0.1) is 0 Å². The van der Waals surface area contributed by atoms with E-state index in [4.69, 9.17) is 15.4 Å². The van der Waals surface area contributed by atoms with Gasteiger partial charge in [0, 0.05) is 12.0 Å². The molecule has 0 aliphatic heterocycles. The summed E-state index contributed by atoms with van der Waals surface area (Å²) in [6, 6.07) is 3.24. The first-order valence-corrected chi connectivity index (χ1v) is 4.00. The van der Waals surface area contributed by atoms with Gasteiger partial charge in [-0.1, -0.05) is 6.92 Å². The lowest BCUT2D eigenvalue weighted by Crippen LogP contribution is -2.05. The Hall–Kier alpha value is -1.27. The number of nitrogens with zero attached hydrogens (tertiary/aromatic N) is 1. The maximum absolute atomic E-state index is 8.51. The van der Waals surface area contributed by atoms with Crippen molar-refractivity contribution >= 4 is 0 Å². The number of furan rings is 1. The fourth-order valence-corrected chi connectivity index (χ4v) is 1.01. The molecule has 0 aromatic carbocycles. The summed E-state index contributed by atoms with van der Waals surface area (Å²) >= 11 is 0. The van der Waals surface area contributed by atoms with E-state index in [1.807, 2.05) is 12.1 Å². The fraction of sp³-hybridized carbons (Fsp3) is 0.444. The molecule has 1 unspecified atom stereocenters. The van der Waals surface area contributed by atoms with Gasteiger partial charge in [0.1, 0.15) is 11.8 Å². The van der Waals surface area contributed by atoms with Crippen molar-refractivity contribution in [3.63, 3.8) is 0 Å². The highest BCUT2D eigenvalue weighted by atomic mass is 16.3. The van der Waals surface area contributed by atoms with Crippen LogP contribution in [0.1, 0.15) is 30.7 Å². The molecule has 1 aromatic heterocycles. The molecule has 0 radical (unpaired) electrons. The fourth-order valence-electron chi connectivity index (χ4n) is 1.01. The van der Waals surface area contributed by atoms with Crippen LogP contribution in [-0.4, -0.2) is 0 Å². The van der Waals surface area contributed by atoms with Gasteiger partial charge in [-0.25, -0.2) is 0 Å². The molecular formula is C9H12N2O. The average molecular weight is 164 g/mol. The lowest BCUT2D eigenvalue weighted by atomic mass is 10.1. The molecular weight excluding hydrogens is 152 g/mol. The Balaban J connectivity index is 2.71. The zero-order chi connectivity index (χ0) is 8.97. The molecule has 12 heavy (non-hydrogen) atoms. The van der Waals surface area contributed by atoms with E-state index < -0.39 is 6.04 Å². The second kappa shape index (κ2) is 3.93. The molecule has 1 atom stereocenters. The minimum absolute atomic E-state index is 0.556. The normalized spacial score (nSPS) is 12.4. The van der Waals surface area contributed by atoms with Crippen LogP contribution in [0.15, 0.2) is 16.7 Å². The van der Waals surface area contributed by atoms with E-state index in [1.165, 1.54) is 0 Å². The van der Waals surface area contributed by atoms with Gasteiger partial charge >= 0.3 is 0 Å². The van der Waals surface area contributed by atoms with Gasteiger partial charge in [0.05, 0.1) is 12.3 Å². The maximum atomic E-state index is 8.51. The van der Waals surface area contributed by atoms with Crippen molar-refractivity contribution in [1.29, 1.82) is 5.26 Å².